The summed E-state index contributed by atoms with van der Waals surface area (Å²) in [5, 5.41) is 32.2. The van der Waals surface area contributed by atoms with Crippen LogP contribution in [0.2, 0.25) is 0 Å². The maximum Gasteiger partial charge on any atom is 0.245 e. The molecule has 1 aromatic rings. The summed E-state index contributed by atoms with van der Waals surface area (Å²) >= 11 is 0. The lowest BCUT2D eigenvalue weighted by molar-refractivity contribution is -0.136. The lowest BCUT2D eigenvalue weighted by atomic mass is 10.00. The van der Waals surface area contributed by atoms with Gasteiger partial charge >= 0.3 is 0 Å². The van der Waals surface area contributed by atoms with Gasteiger partial charge in [-0.15, -0.1) is 0 Å². The zero-order chi connectivity index (χ0) is 53.2. The fourth-order valence-corrected chi connectivity index (χ4v) is 7.74. The molecule has 0 aromatic heterocycles. The predicted octanol–water partition coefficient (Wildman–Crippen LogP) is -2.90. The van der Waals surface area contributed by atoms with E-state index in [9.17, 15) is 43.5 Å². The summed E-state index contributed by atoms with van der Waals surface area (Å²) in [6.45, 7) is 10.9. The molecule has 0 spiro atoms. The van der Waals surface area contributed by atoms with Crippen molar-refractivity contribution in [3.8, 4) is 0 Å². The monoisotopic (exact) mass is 1000 g/mol. The van der Waals surface area contributed by atoms with E-state index in [0.29, 0.717) is 13.0 Å². The van der Waals surface area contributed by atoms with Gasteiger partial charge in [0, 0.05) is 19.5 Å². The Morgan fingerprint density at radius 3 is 1.37 bits per heavy atom. The fourth-order valence-electron chi connectivity index (χ4n) is 7.74. The minimum absolute atomic E-state index is 0.00766. The number of nitrogens with zero attached hydrogens (tertiary/aromatic N) is 2. The lowest BCUT2D eigenvalue weighted by Crippen LogP contribution is -2.61. The number of amides is 8. The molecule has 24 nitrogen and oxygen atoms in total. The van der Waals surface area contributed by atoms with Crippen LogP contribution in [0.15, 0.2) is 40.3 Å². The number of carbonyl (C=O) groups excluding carboxylic acids is 8. The van der Waals surface area contributed by atoms with Crippen LogP contribution in [0.4, 0.5) is 0 Å². The van der Waals surface area contributed by atoms with Gasteiger partial charge in [-0.3, -0.25) is 48.3 Å². The summed E-state index contributed by atoms with van der Waals surface area (Å²) in [5.41, 5.74) is 28.3. The summed E-state index contributed by atoms with van der Waals surface area (Å²) < 4.78 is 0. The summed E-state index contributed by atoms with van der Waals surface area (Å²) in [6, 6.07) is -0.200. The maximum atomic E-state index is 14.2. The molecule has 1 fully saturated rings. The Bertz CT molecular complexity index is 1950. The number of aliphatic hydroxyl groups is 1. The van der Waals surface area contributed by atoms with E-state index in [2.05, 4.69) is 52.5 Å². The van der Waals surface area contributed by atoms with Crippen molar-refractivity contribution < 1.29 is 43.5 Å². The molecule has 0 bridgehead atoms. The molecule has 8 atom stereocenters. The Hall–Kier alpha value is -6.56. The number of aliphatic imine (C=N–C) groups is 2. The number of hydrogen-bond donors (Lipinski definition) is 14. The van der Waals surface area contributed by atoms with Crippen molar-refractivity contribution in [3.05, 3.63) is 35.9 Å². The Kier molecular flexibility index (Phi) is 27.0. The van der Waals surface area contributed by atoms with Crippen LogP contribution < -0.4 is 71.2 Å². The molecule has 0 unspecified atom stereocenters. The summed E-state index contributed by atoms with van der Waals surface area (Å²) in [7, 11) is 0. The lowest BCUT2D eigenvalue weighted by Gasteiger charge is -2.28. The highest BCUT2D eigenvalue weighted by Crippen LogP contribution is 2.13. The first-order chi connectivity index (χ1) is 33.5. The van der Waals surface area contributed by atoms with E-state index >= 15 is 0 Å². The number of aliphatic hydroxyl groups excluding tert-OH is 1. The molecule has 1 heterocycles. The molecule has 19 N–H and O–H groups in total. The summed E-state index contributed by atoms with van der Waals surface area (Å²) in [4.78, 5) is 117. The van der Waals surface area contributed by atoms with Crippen molar-refractivity contribution in [1.29, 1.82) is 0 Å². The van der Waals surface area contributed by atoms with Crippen LogP contribution in [0, 0.1) is 17.8 Å². The second-order valence-electron chi connectivity index (χ2n) is 19.1. The van der Waals surface area contributed by atoms with Crippen molar-refractivity contribution in [2.75, 3.05) is 26.2 Å². The van der Waals surface area contributed by atoms with Crippen LogP contribution in [-0.2, 0) is 44.8 Å². The average Bonchev–Trinajstić information content (AvgIpc) is 3.84. The molecule has 0 saturated carbocycles. The molecule has 8 amide bonds. The molecule has 24 heteroatoms. The maximum absolute atomic E-state index is 14.2. The number of benzene rings is 1. The molecule has 1 aromatic carbocycles. The van der Waals surface area contributed by atoms with E-state index < -0.39 is 96.3 Å². The molecule has 1 saturated heterocycles. The van der Waals surface area contributed by atoms with E-state index in [1.54, 1.807) is 39.8 Å². The van der Waals surface area contributed by atoms with Crippen LogP contribution in [0.5, 0.6) is 0 Å². The van der Waals surface area contributed by atoms with Gasteiger partial charge in [0.25, 0.3) is 0 Å². The van der Waals surface area contributed by atoms with Crippen LogP contribution in [0.25, 0.3) is 0 Å². The highest BCUT2D eigenvalue weighted by molar-refractivity contribution is 5.98. The molecule has 2 rings (SSSR count). The number of guanidine groups is 2. The van der Waals surface area contributed by atoms with E-state index in [-0.39, 0.29) is 100 Å². The SMILES string of the molecule is CC(C)C[C@H](NC(=O)[C@H](CCCN=C(N)N)NC(=O)[C@H](CC(C)C)NC(=O)[C@H](CO)NC(=O)[C@H](CC(C)C)NC(=O)[C@H](CCCN=C(N)N)NC(=O)[C@H](Cc1ccccc1)NC(=O)[C@@H]1CCCN1)C(N)=O. The molecule has 0 aliphatic carbocycles. The van der Waals surface area contributed by atoms with E-state index in [1.807, 2.05) is 32.0 Å². The first kappa shape index (κ1) is 60.6. The fraction of sp³-hybridized carbons (Fsp3) is 0.660. The molecule has 1 aliphatic rings. The number of hydrogen-bond acceptors (Lipinski definition) is 12. The Morgan fingerprint density at radius 1 is 0.563 bits per heavy atom. The number of nitrogens with one attached hydrogen (secondary N) is 8. The zero-order valence-electron chi connectivity index (χ0n) is 42.1. The summed E-state index contributed by atoms with van der Waals surface area (Å²) in [5.74, 6) is -6.51. The average molecular weight is 1000 g/mol. The van der Waals surface area contributed by atoms with Crippen LogP contribution in [-0.4, -0.2) is 139 Å². The van der Waals surface area contributed by atoms with Crippen LogP contribution in [0.3, 0.4) is 0 Å². The minimum atomic E-state index is -1.62. The molecular formula is C47H81N15O9. The Balaban J connectivity index is 2.35. The number of rotatable bonds is 32. The Morgan fingerprint density at radius 2 is 0.958 bits per heavy atom. The highest BCUT2D eigenvalue weighted by Gasteiger charge is 2.35. The molecule has 1 aliphatic heterocycles. The van der Waals surface area contributed by atoms with Gasteiger partial charge in [0.15, 0.2) is 11.9 Å². The van der Waals surface area contributed by atoms with Gasteiger partial charge in [0.2, 0.25) is 47.3 Å². The van der Waals surface area contributed by atoms with E-state index in [4.69, 9.17) is 28.7 Å². The normalized spacial score (nSPS) is 16.2. The van der Waals surface area contributed by atoms with Gasteiger partial charge in [0.05, 0.1) is 12.6 Å². The van der Waals surface area contributed by atoms with Gasteiger partial charge in [-0.25, -0.2) is 0 Å². The number of primary amides is 1. The van der Waals surface area contributed by atoms with Gasteiger partial charge in [-0.2, -0.15) is 0 Å². The molecule has 0 radical (unpaired) electrons. The predicted molar refractivity (Wildman–Crippen MR) is 269 cm³/mol. The standard InChI is InChI=1S/C47H81N15O9/c1-26(2)21-33(38(48)64)58-40(66)31(16-11-19-54-46(49)50)56-42(68)34(22-27(3)4)60-45(71)37(25-63)62-43(69)35(23-28(5)6)59-41(67)32(17-12-20-55-47(51)52)57-44(70)36(24-29-13-8-7-9-14-29)61-39(65)30-15-10-18-53-30/h7-9,13-14,26-28,30-37,53,63H,10-12,15-25H2,1-6H3,(H2,48,64)(H,56,68)(H,57,70)(H,58,66)(H,59,67)(H,60,71)(H,61,65)(H,62,69)(H4,49,50,54)(H4,51,52,55)/t30-,31-,32-,33-,34-,35-,36-,37-/m0/s1. The van der Waals surface area contributed by atoms with Crippen molar-refractivity contribution in [3.63, 3.8) is 0 Å². The molecule has 398 valence electrons. The summed E-state index contributed by atoms with van der Waals surface area (Å²) in [6.07, 6.45) is 2.40. The quantitative estimate of drug-likeness (QED) is 0.0196. The van der Waals surface area contributed by atoms with Crippen molar-refractivity contribution in [1.82, 2.24) is 42.5 Å². The minimum Gasteiger partial charge on any atom is -0.394 e. The zero-order valence-corrected chi connectivity index (χ0v) is 42.1. The number of carbonyl (C=O) groups is 8. The smallest absolute Gasteiger partial charge is 0.245 e. The third-order valence-electron chi connectivity index (χ3n) is 11.3. The first-order valence-corrected chi connectivity index (χ1v) is 24.4. The topological polar surface area (TPSA) is 408 Å². The van der Waals surface area contributed by atoms with Gasteiger partial charge < -0.3 is 76.3 Å². The van der Waals surface area contributed by atoms with E-state index in [0.717, 1.165) is 12.0 Å². The van der Waals surface area contributed by atoms with E-state index in [1.165, 1.54) is 0 Å². The van der Waals surface area contributed by atoms with Crippen molar-refractivity contribution in [2.45, 2.75) is 154 Å². The third-order valence-corrected chi connectivity index (χ3v) is 11.3. The largest absolute Gasteiger partial charge is 0.394 e. The number of nitrogens with two attached hydrogens (primary N) is 5. The highest BCUT2D eigenvalue weighted by atomic mass is 16.3. The second-order valence-corrected chi connectivity index (χ2v) is 19.1. The first-order valence-electron chi connectivity index (χ1n) is 24.4. The van der Waals surface area contributed by atoms with Crippen LogP contribution in [0.1, 0.15) is 105 Å². The van der Waals surface area contributed by atoms with Gasteiger partial charge in [-0.1, -0.05) is 71.9 Å². The molecular weight excluding hydrogens is 919 g/mol. The van der Waals surface area contributed by atoms with Gasteiger partial charge in [0.1, 0.15) is 42.3 Å². The third kappa shape index (κ3) is 23.7. The van der Waals surface area contributed by atoms with Crippen LogP contribution >= 0.6 is 0 Å². The Labute approximate surface area is 416 Å². The van der Waals surface area contributed by atoms with Crippen molar-refractivity contribution >= 4 is 59.2 Å². The van der Waals surface area contributed by atoms with Gasteiger partial charge in [-0.05, 0) is 87.6 Å². The van der Waals surface area contributed by atoms with Crippen molar-refractivity contribution in [2.24, 2.45) is 56.4 Å². The molecule has 71 heavy (non-hydrogen) atoms. The second kappa shape index (κ2) is 31.6.